The van der Waals surface area contributed by atoms with E-state index in [0.29, 0.717) is 16.9 Å². The average Bonchev–Trinajstić information content (AvgIpc) is 2.83. The molecule has 0 heterocycles. The molecule has 0 saturated carbocycles. The van der Waals surface area contributed by atoms with E-state index < -0.39 is 18.6 Å². The van der Waals surface area contributed by atoms with E-state index in [1.165, 1.54) is 6.21 Å². The fraction of sp³-hybridized carbons (Fsp3) is 0.120. The van der Waals surface area contributed by atoms with Crippen molar-refractivity contribution >= 4 is 24.0 Å². The Balaban J connectivity index is 1.62. The number of nitrogens with one attached hydrogen (secondary N) is 2. The van der Waals surface area contributed by atoms with Gasteiger partial charge in [-0.25, -0.2) is 10.2 Å². The lowest BCUT2D eigenvalue weighted by atomic mass is 10.0. The molecule has 0 aliphatic heterocycles. The van der Waals surface area contributed by atoms with Crippen molar-refractivity contribution in [3.05, 3.63) is 102 Å². The van der Waals surface area contributed by atoms with Crippen molar-refractivity contribution in [2.45, 2.75) is 12.5 Å². The van der Waals surface area contributed by atoms with Gasteiger partial charge in [0, 0.05) is 5.56 Å². The molecule has 0 fully saturated rings. The molecule has 33 heavy (non-hydrogen) atoms. The number of aliphatic carboxylic acids is 1. The van der Waals surface area contributed by atoms with Gasteiger partial charge >= 0.3 is 5.97 Å². The van der Waals surface area contributed by atoms with Crippen LogP contribution in [-0.4, -0.2) is 35.7 Å². The lowest BCUT2D eigenvalue weighted by molar-refractivity contribution is -0.139. The van der Waals surface area contributed by atoms with Gasteiger partial charge in [-0.1, -0.05) is 60.7 Å². The summed E-state index contributed by atoms with van der Waals surface area (Å²) in [5.74, 6) is -1.36. The summed E-state index contributed by atoms with van der Waals surface area (Å²) in [5.41, 5.74) is 4.38. The number of hydrazone groups is 1. The average molecular weight is 445 g/mol. The van der Waals surface area contributed by atoms with Crippen LogP contribution in [0.25, 0.3) is 0 Å². The highest BCUT2D eigenvalue weighted by Crippen LogP contribution is 2.17. The number of amides is 2. The maximum absolute atomic E-state index is 12.6. The van der Waals surface area contributed by atoms with Gasteiger partial charge in [0.25, 0.3) is 5.91 Å². The Kier molecular flexibility index (Phi) is 8.30. The quantitative estimate of drug-likeness (QED) is 0.327. The summed E-state index contributed by atoms with van der Waals surface area (Å²) in [6.45, 7) is -0.451. The number of ether oxygens (including phenoxy) is 1. The minimum absolute atomic E-state index is 0.0122. The van der Waals surface area contributed by atoms with Crippen molar-refractivity contribution in [1.29, 1.82) is 0 Å². The van der Waals surface area contributed by atoms with Crippen LogP contribution < -0.4 is 15.5 Å². The van der Waals surface area contributed by atoms with Crippen LogP contribution in [0.2, 0.25) is 0 Å². The van der Waals surface area contributed by atoms with Crippen molar-refractivity contribution in [1.82, 2.24) is 10.7 Å². The molecule has 0 aliphatic rings. The van der Waals surface area contributed by atoms with E-state index in [9.17, 15) is 14.4 Å². The zero-order valence-electron chi connectivity index (χ0n) is 17.7. The number of benzene rings is 3. The predicted octanol–water partition coefficient (Wildman–Crippen LogP) is 3.16. The normalized spacial score (nSPS) is 11.5. The van der Waals surface area contributed by atoms with E-state index in [1.54, 1.807) is 48.5 Å². The molecule has 3 aromatic carbocycles. The lowest BCUT2D eigenvalue weighted by Gasteiger charge is -2.18. The van der Waals surface area contributed by atoms with Gasteiger partial charge in [-0.15, -0.1) is 0 Å². The highest BCUT2D eigenvalue weighted by molar-refractivity contribution is 5.94. The van der Waals surface area contributed by atoms with Crippen LogP contribution in [0.3, 0.4) is 0 Å². The van der Waals surface area contributed by atoms with Gasteiger partial charge in [0.1, 0.15) is 5.75 Å². The number of carboxylic acid groups (broad SMARTS) is 1. The van der Waals surface area contributed by atoms with Crippen LogP contribution in [0.1, 0.15) is 33.9 Å². The second-order valence-electron chi connectivity index (χ2n) is 7.05. The zero-order chi connectivity index (χ0) is 23.5. The number of hydrogen-bond donors (Lipinski definition) is 3. The first-order chi connectivity index (χ1) is 16.0. The molecule has 0 bridgehead atoms. The molecule has 3 N–H and O–H groups in total. The molecular formula is C25H23N3O5. The summed E-state index contributed by atoms with van der Waals surface area (Å²) in [7, 11) is 0. The maximum atomic E-state index is 12.6. The van der Waals surface area contributed by atoms with Gasteiger partial charge in [0.2, 0.25) is 5.91 Å². The van der Waals surface area contributed by atoms with Crippen molar-refractivity contribution in [3.63, 3.8) is 0 Å². The SMILES string of the molecule is O=C(O)COc1cccc(/C=N\NC(=O)C[C@H](NC(=O)c2ccccc2)c2ccccc2)c1. The first kappa shape index (κ1) is 23.2. The first-order valence-electron chi connectivity index (χ1n) is 10.2. The second kappa shape index (κ2) is 11.8. The molecule has 1 atom stereocenters. The number of carbonyl (C=O) groups is 3. The summed E-state index contributed by atoms with van der Waals surface area (Å²) < 4.78 is 5.12. The van der Waals surface area contributed by atoms with E-state index in [4.69, 9.17) is 9.84 Å². The highest BCUT2D eigenvalue weighted by Gasteiger charge is 2.19. The minimum atomic E-state index is -1.08. The summed E-state index contributed by atoms with van der Waals surface area (Å²) in [5, 5.41) is 15.6. The molecule has 0 aromatic heterocycles. The largest absolute Gasteiger partial charge is 0.482 e. The van der Waals surface area contributed by atoms with E-state index in [1.807, 2.05) is 36.4 Å². The van der Waals surface area contributed by atoms with Crippen LogP contribution in [0.15, 0.2) is 90.0 Å². The van der Waals surface area contributed by atoms with Gasteiger partial charge in [-0.05, 0) is 35.4 Å². The predicted molar refractivity (Wildman–Crippen MR) is 123 cm³/mol. The fourth-order valence-electron chi connectivity index (χ4n) is 3.01. The van der Waals surface area contributed by atoms with E-state index in [2.05, 4.69) is 15.8 Å². The summed E-state index contributed by atoms with van der Waals surface area (Å²) in [6, 6.07) is 24.1. The smallest absolute Gasteiger partial charge is 0.341 e. The molecule has 0 radical (unpaired) electrons. The van der Waals surface area contributed by atoms with Crippen LogP contribution >= 0.6 is 0 Å². The summed E-state index contributed by atoms with van der Waals surface area (Å²) >= 11 is 0. The van der Waals surface area contributed by atoms with Gasteiger partial charge < -0.3 is 15.2 Å². The van der Waals surface area contributed by atoms with Crippen molar-refractivity contribution in [2.24, 2.45) is 5.10 Å². The topological polar surface area (TPSA) is 117 Å². The van der Waals surface area contributed by atoms with Gasteiger partial charge in [0.05, 0.1) is 18.7 Å². The zero-order valence-corrected chi connectivity index (χ0v) is 17.7. The molecule has 3 rings (SSSR count). The number of carboxylic acids is 1. The van der Waals surface area contributed by atoms with Gasteiger partial charge in [-0.2, -0.15) is 5.10 Å². The molecule has 168 valence electrons. The third kappa shape index (κ3) is 7.62. The van der Waals surface area contributed by atoms with Crippen LogP contribution in [0, 0.1) is 0 Å². The Bertz CT molecular complexity index is 1120. The molecule has 0 aliphatic carbocycles. The third-order valence-electron chi connectivity index (χ3n) is 4.56. The van der Waals surface area contributed by atoms with Crippen LogP contribution in [0.5, 0.6) is 5.75 Å². The van der Waals surface area contributed by atoms with Crippen molar-refractivity contribution in [2.75, 3.05) is 6.61 Å². The van der Waals surface area contributed by atoms with E-state index in [0.717, 1.165) is 5.56 Å². The Morgan fingerprint density at radius 2 is 1.64 bits per heavy atom. The van der Waals surface area contributed by atoms with Crippen LogP contribution in [0.4, 0.5) is 0 Å². The summed E-state index contributed by atoms with van der Waals surface area (Å²) in [6.07, 6.45) is 1.41. The number of nitrogens with zero attached hydrogens (tertiary/aromatic N) is 1. The van der Waals surface area contributed by atoms with Crippen molar-refractivity contribution < 1.29 is 24.2 Å². The molecule has 8 heteroatoms. The Hall–Kier alpha value is -4.46. The van der Waals surface area contributed by atoms with Crippen LogP contribution in [-0.2, 0) is 9.59 Å². The Morgan fingerprint density at radius 1 is 0.939 bits per heavy atom. The lowest BCUT2D eigenvalue weighted by Crippen LogP contribution is -2.32. The second-order valence-corrected chi connectivity index (χ2v) is 7.05. The van der Waals surface area contributed by atoms with Gasteiger partial charge in [0.15, 0.2) is 6.61 Å². The van der Waals surface area contributed by atoms with E-state index >= 15 is 0 Å². The molecular weight excluding hydrogens is 422 g/mol. The molecule has 2 amide bonds. The maximum Gasteiger partial charge on any atom is 0.341 e. The fourth-order valence-corrected chi connectivity index (χ4v) is 3.01. The molecule has 0 saturated heterocycles. The highest BCUT2D eigenvalue weighted by atomic mass is 16.5. The Morgan fingerprint density at radius 3 is 2.33 bits per heavy atom. The third-order valence-corrected chi connectivity index (χ3v) is 4.56. The standard InChI is InChI=1S/C25H23N3O5/c29-23(28-26-16-18-8-7-13-21(14-18)33-17-24(30)31)15-22(19-9-3-1-4-10-19)27-25(32)20-11-5-2-6-12-20/h1-14,16,22H,15,17H2,(H,27,32)(H,28,29)(H,30,31)/b26-16-/t22-/m0/s1. The molecule has 0 unspecified atom stereocenters. The number of rotatable bonds is 10. The minimum Gasteiger partial charge on any atom is -0.482 e. The van der Waals surface area contributed by atoms with E-state index in [-0.39, 0.29) is 18.2 Å². The first-order valence-corrected chi connectivity index (χ1v) is 10.2. The molecule has 0 spiro atoms. The monoisotopic (exact) mass is 445 g/mol. The molecule has 8 nitrogen and oxygen atoms in total. The number of carbonyl (C=O) groups excluding carboxylic acids is 2. The Labute approximate surface area is 190 Å². The number of hydrogen-bond acceptors (Lipinski definition) is 5. The van der Waals surface area contributed by atoms with Gasteiger partial charge in [-0.3, -0.25) is 9.59 Å². The summed E-state index contributed by atoms with van der Waals surface area (Å²) in [4.78, 5) is 35.7. The molecule has 3 aromatic rings. The van der Waals surface area contributed by atoms with Crippen molar-refractivity contribution in [3.8, 4) is 5.75 Å².